The smallest absolute Gasteiger partial charge is 0.336 e. The topological polar surface area (TPSA) is 190 Å². The number of hydrogen-bond acceptors (Lipinski definition) is 11. The number of fused-ring (bicyclic) bond motifs is 1. The molecule has 0 bridgehead atoms. The van der Waals surface area contributed by atoms with Gasteiger partial charge in [-0.05, 0) is 17.7 Å². The predicted octanol–water partition coefficient (Wildman–Crippen LogP) is -0.245. The molecule has 1 aliphatic heterocycles. The molecule has 5 unspecified atom stereocenters. The molecule has 0 aliphatic carbocycles. The van der Waals surface area contributed by atoms with Crippen molar-refractivity contribution in [3.63, 3.8) is 0 Å². The lowest BCUT2D eigenvalue weighted by Crippen LogP contribution is -2.60. The maximum atomic E-state index is 12.1. The molecule has 32 heavy (non-hydrogen) atoms. The Labute approximate surface area is 179 Å². The van der Waals surface area contributed by atoms with Gasteiger partial charge < -0.3 is 49.6 Å². The molecule has 5 atom stereocenters. The molecule has 7 N–H and O–H groups in total. The zero-order valence-electron chi connectivity index (χ0n) is 16.3. The van der Waals surface area contributed by atoms with Crippen LogP contribution in [0.15, 0.2) is 45.6 Å². The molecule has 1 saturated heterocycles. The van der Waals surface area contributed by atoms with Gasteiger partial charge in [-0.25, -0.2) is 4.79 Å². The van der Waals surface area contributed by atoms with Crippen LogP contribution in [0.2, 0.25) is 0 Å². The van der Waals surface area contributed by atoms with E-state index in [0.29, 0.717) is 5.56 Å². The third-order valence-electron chi connectivity index (χ3n) is 5.17. The minimum atomic E-state index is -1.72. The lowest BCUT2D eigenvalue weighted by atomic mass is 9.99. The van der Waals surface area contributed by atoms with E-state index in [4.69, 9.17) is 13.9 Å². The number of benzene rings is 2. The second kappa shape index (κ2) is 8.30. The summed E-state index contributed by atoms with van der Waals surface area (Å²) < 4.78 is 16.2. The van der Waals surface area contributed by atoms with Crippen molar-refractivity contribution in [2.24, 2.45) is 0 Å². The first-order chi connectivity index (χ1) is 15.2. The number of ether oxygens (including phenoxy) is 2. The zero-order valence-corrected chi connectivity index (χ0v) is 16.3. The fourth-order valence-corrected chi connectivity index (χ4v) is 3.55. The fourth-order valence-electron chi connectivity index (χ4n) is 3.55. The maximum absolute atomic E-state index is 12.1. The van der Waals surface area contributed by atoms with E-state index in [2.05, 4.69) is 0 Å². The summed E-state index contributed by atoms with van der Waals surface area (Å²) in [6, 6.07) is 7.24. The predicted molar refractivity (Wildman–Crippen MR) is 107 cm³/mol. The molecule has 3 aromatic rings. The number of rotatable bonds is 4. The van der Waals surface area contributed by atoms with E-state index in [-0.39, 0.29) is 33.8 Å². The summed E-state index contributed by atoms with van der Waals surface area (Å²) in [6.07, 6.45) is -7.80. The largest absolute Gasteiger partial charge is 0.508 e. The van der Waals surface area contributed by atoms with Crippen molar-refractivity contribution in [3.8, 4) is 34.1 Å². The molecule has 0 radical (unpaired) electrons. The van der Waals surface area contributed by atoms with Gasteiger partial charge in [0.1, 0.15) is 41.5 Å². The molecule has 1 aliphatic rings. The molecule has 11 nitrogen and oxygen atoms in total. The van der Waals surface area contributed by atoms with Crippen molar-refractivity contribution in [2.75, 3.05) is 6.61 Å². The summed E-state index contributed by atoms with van der Waals surface area (Å²) in [5.41, 5.74) is -0.377. The molecule has 1 fully saturated rings. The van der Waals surface area contributed by atoms with Gasteiger partial charge in [0.25, 0.3) is 0 Å². The van der Waals surface area contributed by atoms with Gasteiger partial charge in [-0.2, -0.15) is 0 Å². The Bertz CT molecular complexity index is 1200. The highest BCUT2D eigenvalue weighted by atomic mass is 16.7. The number of hydrogen-bond donors (Lipinski definition) is 7. The van der Waals surface area contributed by atoms with Gasteiger partial charge in [-0.3, -0.25) is 0 Å². The first-order valence-electron chi connectivity index (χ1n) is 9.50. The number of aliphatic hydroxyl groups excluding tert-OH is 4. The zero-order chi connectivity index (χ0) is 23.2. The highest BCUT2D eigenvalue weighted by molar-refractivity contribution is 5.98. The van der Waals surface area contributed by atoms with Crippen LogP contribution in [0.1, 0.15) is 0 Å². The monoisotopic (exact) mass is 448 g/mol. The summed E-state index contributed by atoms with van der Waals surface area (Å²) in [6.45, 7) is -0.668. The third kappa shape index (κ3) is 3.83. The van der Waals surface area contributed by atoms with Crippen molar-refractivity contribution in [1.29, 1.82) is 0 Å². The van der Waals surface area contributed by atoms with Crippen LogP contribution in [0.4, 0.5) is 0 Å². The van der Waals surface area contributed by atoms with Crippen molar-refractivity contribution in [1.82, 2.24) is 0 Å². The van der Waals surface area contributed by atoms with Gasteiger partial charge in [0.05, 0.1) is 12.0 Å². The molecule has 0 amide bonds. The van der Waals surface area contributed by atoms with Crippen LogP contribution in [0.25, 0.3) is 22.1 Å². The van der Waals surface area contributed by atoms with Crippen LogP contribution in [0.5, 0.6) is 23.0 Å². The quantitative estimate of drug-likeness (QED) is 0.206. The molecule has 2 heterocycles. The van der Waals surface area contributed by atoms with Crippen LogP contribution in [0.3, 0.4) is 0 Å². The van der Waals surface area contributed by atoms with Gasteiger partial charge >= 0.3 is 5.63 Å². The van der Waals surface area contributed by atoms with E-state index < -0.39 is 48.7 Å². The van der Waals surface area contributed by atoms with E-state index in [0.717, 1.165) is 18.2 Å². The Kier molecular flexibility index (Phi) is 5.67. The van der Waals surface area contributed by atoms with Crippen molar-refractivity contribution < 1.29 is 49.6 Å². The van der Waals surface area contributed by atoms with Gasteiger partial charge in [-0.15, -0.1) is 0 Å². The average Bonchev–Trinajstić information content (AvgIpc) is 2.75. The molecule has 0 spiro atoms. The lowest BCUT2D eigenvalue weighted by Gasteiger charge is -2.39. The van der Waals surface area contributed by atoms with Gasteiger partial charge in [0.15, 0.2) is 11.5 Å². The van der Waals surface area contributed by atoms with E-state index in [1.54, 1.807) is 0 Å². The molecule has 11 heteroatoms. The Morgan fingerprint density at radius 2 is 1.66 bits per heavy atom. The first kappa shape index (κ1) is 21.9. The SMILES string of the molecule is O=c1cc(-c2ccc(O)c(O)c2)c2c(OC3OC(CO)C(O)C(O)C3O)cc(O)cc2o1. The molecule has 1 aromatic heterocycles. The Hall–Kier alpha value is -3.35. The van der Waals surface area contributed by atoms with Crippen LogP contribution in [-0.2, 0) is 4.74 Å². The molecular weight excluding hydrogens is 428 g/mol. The molecule has 170 valence electrons. The summed E-state index contributed by atoms with van der Waals surface area (Å²) >= 11 is 0. The molecule has 4 rings (SSSR count). The summed E-state index contributed by atoms with van der Waals surface area (Å²) in [5.74, 6) is -1.31. The summed E-state index contributed by atoms with van der Waals surface area (Å²) in [5, 5.41) is 69.3. The minimum Gasteiger partial charge on any atom is -0.508 e. The van der Waals surface area contributed by atoms with Gasteiger partial charge in [0.2, 0.25) is 6.29 Å². The van der Waals surface area contributed by atoms with Crippen molar-refractivity contribution in [3.05, 3.63) is 46.8 Å². The first-order valence-corrected chi connectivity index (χ1v) is 9.50. The van der Waals surface area contributed by atoms with Crippen LogP contribution < -0.4 is 10.4 Å². The van der Waals surface area contributed by atoms with E-state index >= 15 is 0 Å². The molecular formula is C21H20O11. The number of phenols is 3. The Morgan fingerprint density at radius 1 is 0.906 bits per heavy atom. The van der Waals surface area contributed by atoms with Gasteiger partial charge in [0, 0.05) is 23.8 Å². The normalized spacial score (nSPS) is 25.7. The molecule has 0 saturated carbocycles. The Morgan fingerprint density at radius 3 is 2.34 bits per heavy atom. The highest BCUT2D eigenvalue weighted by Crippen LogP contribution is 2.40. The van der Waals surface area contributed by atoms with E-state index in [1.165, 1.54) is 18.2 Å². The average molecular weight is 448 g/mol. The minimum absolute atomic E-state index is 0.0975. The van der Waals surface area contributed by atoms with Crippen LogP contribution in [0, 0.1) is 0 Å². The van der Waals surface area contributed by atoms with E-state index in [9.17, 15) is 40.5 Å². The van der Waals surface area contributed by atoms with Crippen LogP contribution >= 0.6 is 0 Å². The highest BCUT2D eigenvalue weighted by Gasteiger charge is 2.45. The van der Waals surface area contributed by atoms with Crippen molar-refractivity contribution in [2.45, 2.75) is 30.7 Å². The lowest BCUT2D eigenvalue weighted by molar-refractivity contribution is -0.277. The third-order valence-corrected chi connectivity index (χ3v) is 5.17. The number of phenolic OH excluding ortho intramolecular Hbond substituents is 3. The summed E-state index contributed by atoms with van der Waals surface area (Å²) in [4.78, 5) is 12.1. The van der Waals surface area contributed by atoms with E-state index in [1.807, 2.05) is 0 Å². The Balaban J connectivity index is 1.86. The molecule has 2 aromatic carbocycles. The maximum Gasteiger partial charge on any atom is 0.336 e. The second-order valence-corrected chi connectivity index (χ2v) is 7.31. The van der Waals surface area contributed by atoms with Crippen molar-refractivity contribution >= 4 is 11.0 Å². The van der Waals surface area contributed by atoms with Gasteiger partial charge in [-0.1, -0.05) is 6.07 Å². The second-order valence-electron chi connectivity index (χ2n) is 7.31. The standard InChI is InChI=1S/C21H20O11/c22-7-15-18(27)19(28)20(29)21(32-15)31-14-5-9(23)4-13-17(14)10(6-16(26)30-13)8-1-2-11(24)12(25)3-8/h1-6,15,18-25,27-29H,7H2. The fraction of sp³-hybridized carbons (Fsp3) is 0.286. The van der Waals surface area contributed by atoms with Crippen LogP contribution in [-0.4, -0.2) is 73.1 Å². The summed E-state index contributed by atoms with van der Waals surface area (Å²) in [7, 11) is 0. The number of aromatic hydroxyl groups is 3. The number of aliphatic hydroxyl groups is 4.